The normalized spacial score (nSPS) is 12.5. The average molecular weight is 206 g/mol. The molecule has 1 heterocycles. The number of aryl methyl sites for hydroxylation is 3. The van der Waals surface area contributed by atoms with Crippen LogP contribution in [0.15, 0.2) is 6.07 Å². The lowest BCUT2D eigenvalue weighted by atomic mass is 9.90. The van der Waals surface area contributed by atoms with Gasteiger partial charge < -0.3 is 5.73 Å². The third-order valence-electron chi connectivity index (χ3n) is 2.68. The molecule has 1 amide bonds. The van der Waals surface area contributed by atoms with E-state index in [9.17, 15) is 4.79 Å². The summed E-state index contributed by atoms with van der Waals surface area (Å²) in [4.78, 5) is 15.7. The molecule has 3 nitrogen and oxygen atoms in total. The van der Waals surface area contributed by atoms with E-state index in [0.29, 0.717) is 0 Å². The Morgan fingerprint density at radius 1 is 1.47 bits per heavy atom. The number of aromatic nitrogens is 1. The lowest BCUT2D eigenvalue weighted by Crippen LogP contribution is -2.22. The van der Waals surface area contributed by atoms with Crippen molar-refractivity contribution in [2.75, 3.05) is 0 Å². The summed E-state index contributed by atoms with van der Waals surface area (Å²) in [6, 6.07) is 1.99. The van der Waals surface area contributed by atoms with Gasteiger partial charge in [-0.2, -0.15) is 0 Å². The number of hydrogen-bond donors (Lipinski definition) is 1. The molecule has 0 aliphatic carbocycles. The van der Waals surface area contributed by atoms with Crippen LogP contribution in [0.5, 0.6) is 0 Å². The quantitative estimate of drug-likeness (QED) is 0.822. The molecule has 0 bridgehead atoms. The monoisotopic (exact) mass is 206 g/mol. The fourth-order valence-corrected chi connectivity index (χ4v) is 2.11. The van der Waals surface area contributed by atoms with Crippen molar-refractivity contribution in [1.82, 2.24) is 4.98 Å². The van der Waals surface area contributed by atoms with Crippen molar-refractivity contribution in [2.24, 2.45) is 5.73 Å². The van der Waals surface area contributed by atoms with E-state index in [4.69, 9.17) is 5.73 Å². The third-order valence-corrected chi connectivity index (χ3v) is 2.68. The molecule has 82 valence electrons. The molecule has 3 heteroatoms. The molecule has 0 aliphatic rings. The number of nitrogens with two attached hydrogens (primary N) is 1. The summed E-state index contributed by atoms with van der Waals surface area (Å²) in [7, 11) is 0. The summed E-state index contributed by atoms with van der Waals surface area (Å²) < 4.78 is 0. The number of rotatable bonds is 3. The molecule has 1 aromatic heterocycles. The summed E-state index contributed by atoms with van der Waals surface area (Å²) in [5.74, 6) is -0.479. The van der Waals surface area contributed by atoms with E-state index in [-0.39, 0.29) is 11.8 Å². The highest BCUT2D eigenvalue weighted by Crippen LogP contribution is 2.25. The van der Waals surface area contributed by atoms with Crippen molar-refractivity contribution in [2.45, 2.75) is 40.0 Å². The number of amides is 1. The minimum Gasteiger partial charge on any atom is -0.369 e. The van der Waals surface area contributed by atoms with Crippen LogP contribution in [0.2, 0.25) is 0 Å². The molecule has 2 N–H and O–H groups in total. The number of primary amides is 1. The molecule has 0 fully saturated rings. The summed E-state index contributed by atoms with van der Waals surface area (Å²) in [5, 5.41) is 0. The van der Waals surface area contributed by atoms with Crippen molar-refractivity contribution in [3.8, 4) is 0 Å². The largest absolute Gasteiger partial charge is 0.369 e. The zero-order valence-corrected chi connectivity index (χ0v) is 9.79. The average Bonchev–Trinajstić information content (AvgIpc) is 2.09. The topological polar surface area (TPSA) is 56.0 Å². The Labute approximate surface area is 90.7 Å². The zero-order chi connectivity index (χ0) is 11.6. The second-order valence-corrected chi connectivity index (χ2v) is 3.94. The molecule has 1 atom stereocenters. The molecular weight excluding hydrogens is 188 g/mol. The maximum absolute atomic E-state index is 11.3. The minimum atomic E-state index is -0.269. The van der Waals surface area contributed by atoms with Gasteiger partial charge in [0.1, 0.15) is 0 Å². The van der Waals surface area contributed by atoms with E-state index in [2.05, 4.69) is 4.98 Å². The van der Waals surface area contributed by atoms with Crippen molar-refractivity contribution in [3.63, 3.8) is 0 Å². The van der Waals surface area contributed by atoms with Gasteiger partial charge in [0, 0.05) is 11.4 Å². The Morgan fingerprint density at radius 2 is 2.07 bits per heavy atom. The fourth-order valence-electron chi connectivity index (χ4n) is 2.11. The number of hydrogen-bond acceptors (Lipinski definition) is 2. The first kappa shape index (κ1) is 11.7. The predicted octanol–water partition coefficient (Wildman–Crippen LogP) is 1.99. The molecule has 0 saturated carbocycles. The van der Waals surface area contributed by atoms with Crippen LogP contribution in [0.3, 0.4) is 0 Å². The lowest BCUT2D eigenvalue weighted by molar-refractivity contribution is -0.119. The predicted molar refractivity (Wildman–Crippen MR) is 60.7 cm³/mol. The van der Waals surface area contributed by atoms with E-state index in [1.807, 2.05) is 33.8 Å². The van der Waals surface area contributed by atoms with Gasteiger partial charge in [0.05, 0.1) is 5.92 Å². The molecule has 0 aromatic carbocycles. The summed E-state index contributed by atoms with van der Waals surface area (Å²) in [5.41, 5.74) is 9.38. The minimum absolute atomic E-state index is 0.210. The lowest BCUT2D eigenvalue weighted by Gasteiger charge is -2.17. The van der Waals surface area contributed by atoms with Gasteiger partial charge in [0.25, 0.3) is 0 Å². The van der Waals surface area contributed by atoms with Crippen LogP contribution in [-0.2, 0) is 4.79 Å². The van der Waals surface area contributed by atoms with Gasteiger partial charge in [-0.15, -0.1) is 0 Å². The number of carbonyl (C=O) groups is 1. The summed E-state index contributed by atoms with van der Waals surface area (Å²) >= 11 is 0. The first-order valence-corrected chi connectivity index (χ1v) is 5.21. The molecule has 1 unspecified atom stereocenters. The van der Waals surface area contributed by atoms with Crippen molar-refractivity contribution in [1.29, 1.82) is 0 Å². The van der Waals surface area contributed by atoms with Gasteiger partial charge in [0.15, 0.2) is 0 Å². The Kier molecular flexibility index (Phi) is 3.45. The highest BCUT2D eigenvalue weighted by Gasteiger charge is 2.20. The van der Waals surface area contributed by atoms with Crippen molar-refractivity contribution < 1.29 is 4.79 Å². The molecule has 0 radical (unpaired) electrons. The van der Waals surface area contributed by atoms with E-state index in [1.54, 1.807) is 0 Å². The summed E-state index contributed by atoms with van der Waals surface area (Å²) in [6.45, 7) is 7.85. The molecule has 0 aliphatic heterocycles. The Bertz CT molecular complexity index is 362. The van der Waals surface area contributed by atoms with Crippen LogP contribution >= 0.6 is 0 Å². The highest BCUT2D eigenvalue weighted by molar-refractivity contribution is 5.82. The van der Waals surface area contributed by atoms with Crippen molar-refractivity contribution >= 4 is 5.91 Å². The molecule has 0 saturated heterocycles. The first-order valence-electron chi connectivity index (χ1n) is 5.21. The van der Waals surface area contributed by atoms with Crippen LogP contribution < -0.4 is 5.73 Å². The molecule has 15 heavy (non-hydrogen) atoms. The second kappa shape index (κ2) is 4.43. The second-order valence-electron chi connectivity index (χ2n) is 3.94. The van der Waals surface area contributed by atoms with E-state index in [0.717, 1.165) is 28.9 Å². The zero-order valence-electron chi connectivity index (χ0n) is 9.79. The van der Waals surface area contributed by atoms with Gasteiger partial charge >= 0.3 is 0 Å². The van der Waals surface area contributed by atoms with Crippen LogP contribution in [0.4, 0.5) is 0 Å². The number of carbonyl (C=O) groups excluding carboxylic acids is 1. The van der Waals surface area contributed by atoms with Gasteiger partial charge in [-0.05, 0) is 44.4 Å². The SMILES string of the molecule is CCC(C(N)=O)c1c(C)cc(C)nc1C. The standard InChI is InChI=1S/C12H18N2O/c1-5-10(12(13)15)11-7(2)6-8(3)14-9(11)4/h6,10H,5H2,1-4H3,(H2,13,15). The fraction of sp³-hybridized carbons (Fsp3) is 0.500. The molecule has 1 aromatic rings. The van der Waals surface area contributed by atoms with Crippen LogP contribution in [0.1, 0.15) is 41.8 Å². The third kappa shape index (κ3) is 2.35. The Balaban J connectivity index is 3.29. The number of nitrogens with zero attached hydrogens (tertiary/aromatic N) is 1. The number of pyridine rings is 1. The van der Waals surface area contributed by atoms with Crippen LogP contribution in [0, 0.1) is 20.8 Å². The van der Waals surface area contributed by atoms with Gasteiger partial charge in [-0.3, -0.25) is 9.78 Å². The molecule has 0 spiro atoms. The van der Waals surface area contributed by atoms with E-state index in [1.165, 1.54) is 0 Å². The van der Waals surface area contributed by atoms with Gasteiger partial charge in [-0.25, -0.2) is 0 Å². The van der Waals surface area contributed by atoms with Crippen molar-refractivity contribution in [3.05, 3.63) is 28.6 Å². The smallest absolute Gasteiger partial charge is 0.225 e. The van der Waals surface area contributed by atoms with Gasteiger partial charge in [-0.1, -0.05) is 6.92 Å². The van der Waals surface area contributed by atoms with E-state index >= 15 is 0 Å². The van der Waals surface area contributed by atoms with Crippen LogP contribution in [-0.4, -0.2) is 10.9 Å². The summed E-state index contributed by atoms with van der Waals surface area (Å²) in [6.07, 6.45) is 0.724. The highest BCUT2D eigenvalue weighted by atomic mass is 16.1. The van der Waals surface area contributed by atoms with Crippen LogP contribution in [0.25, 0.3) is 0 Å². The Hall–Kier alpha value is -1.38. The van der Waals surface area contributed by atoms with E-state index < -0.39 is 0 Å². The maximum atomic E-state index is 11.3. The maximum Gasteiger partial charge on any atom is 0.225 e. The molecular formula is C12H18N2O. The van der Waals surface area contributed by atoms with Gasteiger partial charge in [0.2, 0.25) is 5.91 Å². The Morgan fingerprint density at radius 3 is 2.47 bits per heavy atom. The molecule has 1 rings (SSSR count). The first-order chi connectivity index (χ1) is 6.97.